The molecule has 0 radical (unpaired) electrons. The molecule has 0 fully saturated rings. The number of allylic oxidation sites excluding steroid dienone is 2. The van der Waals surface area contributed by atoms with Gasteiger partial charge in [-0.2, -0.15) is 0 Å². The summed E-state index contributed by atoms with van der Waals surface area (Å²) in [7, 11) is 0. The molecule has 0 amide bonds. The SMILES string of the molecule is CC(C)=C(C)CC(C)CC(C)CC(C)(C)C. The first-order chi connectivity index (χ1) is 7.11. The Hall–Kier alpha value is -0.260. The summed E-state index contributed by atoms with van der Waals surface area (Å²) in [5, 5.41) is 0. The molecule has 0 rings (SSSR count). The minimum Gasteiger partial charge on any atom is -0.0775 e. The quantitative estimate of drug-likeness (QED) is 0.515. The van der Waals surface area contributed by atoms with Crippen molar-refractivity contribution in [1.29, 1.82) is 0 Å². The molecule has 0 saturated carbocycles. The van der Waals surface area contributed by atoms with Crippen LogP contribution in [-0.4, -0.2) is 0 Å². The van der Waals surface area contributed by atoms with Crippen LogP contribution in [0.25, 0.3) is 0 Å². The van der Waals surface area contributed by atoms with E-state index in [1.807, 2.05) is 0 Å². The van der Waals surface area contributed by atoms with Crippen molar-refractivity contribution in [2.45, 2.75) is 74.7 Å². The summed E-state index contributed by atoms with van der Waals surface area (Å²) in [5.41, 5.74) is 3.55. The zero-order chi connectivity index (χ0) is 12.9. The van der Waals surface area contributed by atoms with E-state index in [-0.39, 0.29) is 0 Å². The van der Waals surface area contributed by atoms with Crippen molar-refractivity contribution < 1.29 is 0 Å². The van der Waals surface area contributed by atoms with Crippen molar-refractivity contribution in [2.24, 2.45) is 17.3 Å². The summed E-state index contributed by atoms with van der Waals surface area (Å²) in [6, 6.07) is 0. The van der Waals surface area contributed by atoms with E-state index >= 15 is 0 Å². The van der Waals surface area contributed by atoms with Gasteiger partial charge in [0.1, 0.15) is 0 Å². The van der Waals surface area contributed by atoms with Crippen LogP contribution in [-0.2, 0) is 0 Å². The average molecular weight is 224 g/mol. The van der Waals surface area contributed by atoms with Gasteiger partial charge in [0.2, 0.25) is 0 Å². The molecule has 0 saturated heterocycles. The molecule has 0 heteroatoms. The normalized spacial score (nSPS) is 15.8. The number of hydrogen-bond acceptors (Lipinski definition) is 0. The molecule has 0 nitrogen and oxygen atoms in total. The van der Waals surface area contributed by atoms with E-state index < -0.39 is 0 Å². The lowest BCUT2D eigenvalue weighted by Gasteiger charge is -2.25. The van der Waals surface area contributed by atoms with Crippen molar-refractivity contribution in [3.63, 3.8) is 0 Å². The number of rotatable bonds is 5. The summed E-state index contributed by atoms with van der Waals surface area (Å²) in [5.74, 6) is 1.67. The predicted molar refractivity (Wildman–Crippen MR) is 75.7 cm³/mol. The summed E-state index contributed by atoms with van der Waals surface area (Å²) in [6.07, 6.45) is 3.98. The van der Waals surface area contributed by atoms with E-state index in [0.717, 1.165) is 11.8 Å². The van der Waals surface area contributed by atoms with Crippen molar-refractivity contribution in [2.75, 3.05) is 0 Å². The van der Waals surface area contributed by atoms with Crippen LogP contribution in [0.3, 0.4) is 0 Å². The van der Waals surface area contributed by atoms with Gasteiger partial charge in [0.25, 0.3) is 0 Å². The Labute approximate surface area is 104 Å². The van der Waals surface area contributed by atoms with Crippen LogP contribution in [0.5, 0.6) is 0 Å². The largest absolute Gasteiger partial charge is 0.0775 e. The average Bonchev–Trinajstić information content (AvgIpc) is 1.98. The second kappa shape index (κ2) is 6.47. The minimum atomic E-state index is 0.477. The highest BCUT2D eigenvalue weighted by Crippen LogP contribution is 2.29. The van der Waals surface area contributed by atoms with Gasteiger partial charge < -0.3 is 0 Å². The van der Waals surface area contributed by atoms with E-state index in [2.05, 4.69) is 55.4 Å². The first-order valence-electron chi connectivity index (χ1n) is 6.74. The van der Waals surface area contributed by atoms with Crippen molar-refractivity contribution in [3.05, 3.63) is 11.1 Å². The Bertz CT molecular complexity index is 223. The molecular weight excluding hydrogens is 192 g/mol. The van der Waals surface area contributed by atoms with Gasteiger partial charge in [-0.15, -0.1) is 0 Å². The maximum atomic E-state index is 2.40. The van der Waals surface area contributed by atoms with Gasteiger partial charge in [0.05, 0.1) is 0 Å². The highest BCUT2D eigenvalue weighted by Gasteiger charge is 2.17. The molecule has 0 aromatic carbocycles. The molecule has 0 aromatic heterocycles. The maximum Gasteiger partial charge on any atom is -0.0295 e. The van der Waals surface area contributed by atoms with Gasteiger partial charge in [-0.1, -0.05) is 45.8 Å². The van der Waals surface area contributed by atoms with Crippen LogP contribution in [0.4, 0.5) is 0 Å². The Balaban J connectivity index is 4.06. The Morgan fingerprint density at radius 3 is 1.81 bits per heavy atom. The third-order valence-corrected chi connectivity index (χ3v) is 3.27. The summed E-state index contributed by atoms with van der Waals surface area (Å²) < 4.78 is 0. The van der Waals surface area contributed by atoms with Crippen LogP contribution in [0.1, 0.15) is 74.7 Å². The Morgan fingerprint density at radius 1 is 0.938 bits per heavy atom. The molecule has 2 atom stereocenters. The zero-order valence-corrected chi connectivity index (χ0v) is 12.8. The van der Waals surface area contributed by atoms with Gasteiger partial charge >= 0.3 is 0 Å². The van der Waals surface area contributed by atoms with Gasteiger partial charge in [-0.3, -0.25) is 0 Å². The molecule has 0 N–H and O–H groups in total. The monoisotopic (exact) mass is 224 g/mol. The zero-order valence-electron chi connectivity index (χ0n) is 12.8. The van der Waals surface area contributed by atoms with Crippen LogP contribution in [0.2, 0.25) is 0 Å². The first kappa shape index (κ1) is 15.7. The Morgan fingerprint density at radius 2 is 1.44 bits per heavy atom. The van der Waals surface area contributed by atoms with Gasteiger partial charge in [0, 0.05) is 0 Å². The van der Waals surface area contributed by atoms with Crippen molar-refractivity contribution in [1.82, 2.24) is 0 Å². The van der Waals surface area contributed by atoms with Gasteiger partial charge in [0.15, 0.2) is 0 Å². The van der Waals surface area contributed by atoms with Gasteiger partial charge in [-0.25, -0.2) is 0 Å². The molecule has 0 heterocycles. The van der Waals surface area contributed by atoms with Crippen molar-refractivity contribution in [3.8, 4) is 0 Å². The van der Waals surface area contributed by atoms with E-state index in [4.69, 9.17) is 0 Å². The Kier molecular flexibility index (Phi) is 6.36. The summed E-state index contributed by atoms with van der Waals surface area (Å²) >= 11 is 0. The third kappa shape index (κ3) is 7.96. The predicted octanol–water partition coefficient (Wildman–Crippen LogP) is 5.83. The molecule has 0 aromatic rings. The lowest BCUT2D eigenvalue weighted by Crippen LogP contribution is -2.13. The molecule has 0 aliphatic rings. The second-order valence-electron chi connectivity index (χ2n) is 7.20. The highest BCUT2D eigenvalue weighted by molar-refractivity contribution is 5.07. The lowest BCUT2D eigenvalue weighted by molar-refractivity contribution is 0.272. The van der Waals surface area contributed by atoms with E-state index in [1.165, 1.54) is 24.8 Å². The molecule has 0 bridgehead atoms. The van der Waals surface area contributed by atoms with E-state index in [0.29, 0.717) is 5.41 Å². The molecule has 0 spiro atoms. The van der Waals surface area contributed by atoms with Gasteiger partial charge in [-0.05, 0) is 57.3 Å². The van der Waals surface area contributed by atoms with E-state index in [9.17, 15) is 0 Å². The fourth-order valence-corrected chi connectivity index (χ4v) is 2.63. The van der Waals surface area contributed by atoms with Crippen LogP contribution < -0.4 is 0 Å². The molecule has 16 heavy (non-hydrogen) atoms. The standard InChI is InChI=1S/C16H32/c1-12(2)15(5)10-13(3)9-14(4)11-16(6,7)8/h13-14H,9-11H2,1-8H3. The minimum absolute atomic E-state index is 0.477. The fraction of sp³-hybridized carbons (Fsp3) is 0.875. The lowest BCUT2D eigenvalue weighted by atomic mass is 9.81. The maximum absolute atomic E-state index is 2.40. The summed E-state index contributed by atoms with van der Waals surface area (Å²) in [4.78, 5) is 0. The molecule has 2 unspecified atom stereocenters. The van der Waals surface area contributed by atoms with E-state index in [1.54, 1.807) is 5.57 Å². The van der Waals surface area contributed by atoms with Crippen molar-refractivity contribution >= 4 is 0 Å². The third-order valence-electron chi connectivity index (χ3n) is 3.27. The molecule has 0 aliphatic heterocycles. The first-order valence-corrected chi connectivity index (χ1v) is 6.74. The van der Waals surface area contributed by atoms with Crippen LogP contribution in [0.15, 0.2) is 11.1 Å². The topological polar surface area (TPSA) is 0 Å². The second-order valence-corrected chi connectivity index (χ2v) is 7.20. The molecular formula is C16H32. The number of hydrogen-bond donors (Lipinski definition) is 0. The van der Waals surface area contributed by atoms with Crippen LogP contribution >= 0.6 is 0 Å². The van der Waals surface area contributed by atoms with Crippen LogP contribution in [0, 0.1) is 17.3 Å². The highest BCUT2D eigenvalue weighted by atomic mass is 14.2. The molecule has 0 aliphatic carbocycles. The summed E-state index contributed by atoms with van der Waals surface area (Å²) in [6.45, 7) is 18.5. The smallest absolute Gasteiger partial charge is 0.0295 e. The fourth-order valence-electron chi connectivity index (χ4n) is 2.63. The molecule has 96 valence electrons.